The molecule has 2 amide bonds. The van der Waals surface area contributed by atoms with Crippen molar-refractivity contribution in [1.82, 2.24) is 0 Å². The quantitative estimate of drug-likeness (QED) is 0.451. The Labute approximate surface area is 177 Å². The van der Waals surface area contributed by atoms with Crippen LogP contribution in [0, 0.1) is 0 Å². The van der Waals surface area contributed by atoms with E-state index in [-0.39, 0.29) is 24.0 Å². The summed E-state index contributed by atoms with van der Waals surface area (Å²) in [5.74, 6) is 0.207. The number of anilines is 2. The zero-order valence-corrected chi connectivity index (χ0v) is 16.8. The molecule has 0 aliphatic rings. The molecule has 150 valence electrons. The lowest BCUT2D eigenvalue weighted by molar-refractivity contribution is -0.116. The molecule has 0 saturated carbocycles. The van der Waals surface area contributed by atoms with Crippen LogP contribution in [0.4, 0.5) is 11.4 Å². The number of furan rings is 1. The summed E-state index contributed by atoms with van der Waals surface area (Å²) in [5.41, 5.74) is 1.12. The molecular formula is C21H18Cl2N2O4. The molecule has 0 aliphatic heterocycles. The highest BCUT2D eigenvalue weighted by atomic mass is 35.5. The monoisotopic (exact) mass is 432 g/mol. The van der Waals surface area contributed by atoms with Crippen LogP contribution < -0.4 is 15.4 Å². The molecule has 1 heterocycles. The van der Waals surface area contributed by atoms with E-state index in [1.54, 1.807) is 54.6 Å². The van der Waals surface area contributed by atoms with E-state index in [1.807, 2.05) is 0 Å². The predicted octanol–water partition coefficient (Wildman–Crippen LogP) is 5.64. The van der Waals surface area contributed by atoms with Crippen LogP contribution in [0.15, 0.2) is 65.3 Å². The molecule has 0 fully saturated rings. The fraction of sp³-hybridized carbons (Fsp3) is 0.143. The summed E-state index contributed by atoms with van der Waals surface area (Å²) in [7, 11) is 0. The first-order chi connectivity index (χ1) is 14.0. The van der Waals surface area contributed by atoms with Crippen molar-refractivity contribution >= 4 is 46.4 Å². The molecule has 0 aliphatic carbocycles. The van der Waals surface area contributed by atoms with Gasteiger partial charge in [0.15, 0.2) is 5.76 Å². The topological polar surface area (TPSA) is 80.6 Å². The van der Waals surface area contributed by atoms with Crippen molar-refractivity contribution in [3.05, 3.63) is 76.7 Å². The Morgan fingerprint density at radius 2 is 1.76 bits per heavy atom. The minimum Gasteiger partial charge on any atom is -0.492 e. The Balaban J connectivity index is 1.45. The number of carbonyl (C=O) groups excluding carboxylic acids is 2. The summed E-state index contributed by atoms with van der Waals surface area (Å²) in [4.78, 5) is 24.2. The maximum Gasteiger partial charge on any atom is 0.291 e. The molecule has 0 unspecified atom stereocenters. The van der Waals surface area contributed by atoms with Gasteiger partial charge in [0.1, 0.15) is 5.75 Å². The van der Waals surface area contributed by atoms with Gasteiger partial charge in [-0.1, -0.05) is 29.3 Å². The van der Waals surface area contributed by atoms with Crippen molar-refractivity contribution in [3.8, 4) is 5.75 Å². The molecule has 2 aromatic carbocycles. The van der Waals surface area contributed by atoms with Crippen molar-refractivity contribution in [2.24, 2.45) is 0 Å². The first-order valence-electron chi connectivity index (χ1n) is 8.84. The first-order valence-corrected chi connectivity index (χ1v) is 9.59. The number of benzene rings is 2. The van der Waals surface area contributed by atoms with Crippen LogP contribution in [-0.2, 0) is 4.79 Å². The smallest absolute Gasteiger partial charge is 0.291 e. The minimum absolute atomic E-state index is 0.162. The highest BCUT2D eigenvalue weighted by Gasteiger charge is 2.10. The van der Waals surface area contributed by atoms with Crippen molar-refractivity contribution in [2.75, 3.05) is 17.2 Å². The molecule has 3 aromatic rings. The molecule has 2 N–H and O–H groups in total. The Morgan fingerprint density at radius 3 is 2.48 bits per heavy atom. The van der Waals surface area contributed by atoms with Crippen LogP contribution in [0.1, 0.15) is 23.4 Å². The van der Waals surface area contributed by atoms with E-state index in [1.165, 1.54) is 6.26 Å². The first kappa shape index (κ1) is 20.8. The van der Waals surface area contributed by atoms with Crippen LogP contribution in [0.3, 0.4) is 0 Å². The summed E-state index contributed by atoms with van der Waals surface area (Å²) in [6.45, 7) is 0.341. The molecule has 0 atom stereocenters. The van der Waals surface area contributed by atoms with E-state index in [0.717, 1.165) is 0 Å². The molecule has 6 nitrogen and oxygen atoms in total. The molecule has 3 rings (SSSR count). The number of hydrogen-bond acceptors (Lipinski definition) is 4. The molecule has 8 heteroatoms. The van der Waals surface area contributed by atoms with Gasteiger partial charge in [-0.05, 0) is 55.0 Å². The van der Waals surface area contributed by atoms with Gasteiger partial charge < -0.3 is 19.8 Å². The number of nitrogens with one attached hydrogen (secondary N) is 2. The Kier molecular flexibility index (Phi) is 7.16. The van der Waals surface area contributed by atoms with E-state index < -0.39 is 0 Å². The second-order valence-corrected chi connectivity index (χ2v) is 6.93. The van der Waals surface area contributed by atoms with Crippen LogP contribution in [-0.4, -0.2) is 18.4 Å². The number of hydrogen-bond donors (Lipinski definition) is 2. The van der Waals surface area contributed by atoms with E-state index in [2.05, 4.69) is 10.6 Å². The highest BCUT2D eigenvalue weighted by molar-refractivity contribution is 6.35. The number of amides is 2. The fourth-order valence-electron chi connectivity index (χ4n) is 2.51. The van der Waals surface area contributed by atoms with Gasteiger partial charge in [-0.15, -0.1) is 0 Å². The Morgan fingerprint density at radius 1 is 0.966 bits per heavy atom. The van der Waals surface area contributed by atoms with Crippen LogP contribution in [0.5, 0.6) is 5.75 Å². The van der Waals surface area contributed by atoms with Gasteiger partial charge in [0, 0.05) is 22.8 Å². The molecule has 0 saturated heterocycles. The maximum absolute atomic E-state index is 12.1. The number of rotatable bonds is 8. The van der Waals surface area contributed by atoms with Crippen molar-refractivity contribution in [3.63, 3.8) is 0 Å². The minimum atomic E-state index is -0.364. The van der Waals surface area contributed by atoms with Crippen molar-refractivity contribution < 1.29 is 18.7 Å². The molecule has 1 aromatic heterocycles. The average molecular weight is 433 g/mol. The molecule has 0 radical (unpaired) electrons. The van der Waals surface area contributed by atoms with Crippen molar-refractivity contribution in [1.29, 1.82) is 0 Å². The summed E-state index contributed by atoms with van der Waals surface area (Å²) < 4.78 is 10.6. The Bertz CT molecular complexity index is 990. The normalized spacial score (nSPS) is 10.4. The van der Waals surface area contributed by atoms with Gasteiger partial charge in [-0.3, -0.25) is 9.59 Å². The molecule has 29 heavy (non-hydrogen) atoms. The van der Waals surface area contributed by atoms with E-state index in [9.17, 15) is 9.59 Å². The maximum atomic E-state index is 12.1. The van der Waals surface area contributed by atoms with E-state index in [4.69, 9.17) is 32.4 Å². The van der Waals surface area contributed by atoms with Gasteiger partial charge in [-0.2, -0.15) is 0 Å². The average Bonchev–Trinajstić information content (AvgIpc) is 3.22. The second-order valence-electron chi connectivity index (χ2n) is 6.09. The summed E-state index contributed by atoms with van der Waals surface area (Å²) >= 11 is 11.9. The van der Waals surface area contributed by atoms with Gasteiger partial charge in [0.05, 0.1) is 17.9 Å². The van der Waals surface area contributed by atoms with Crippen LogP contribution >= 0.6 is 23.2 Å². The van der Waals surface area contributed by atoms with Gasteiger partial charge in [-0.25, -0.2) is 0 Å². The highest BCUT2D eigenvalue weighted by Crippen LogP contribution is 2.27. The van der Waals surface area contributed by atoms with Crippen LogP contribution in [0.2, 0.25) is 10.0 Å². The second kappa shape index (κ2) is 10.0. The third-order valence-electron chi connectivity index (χ3n) is 3.85. The third kappa shape index (κ3) is 6.27. The number of carbonyl (C=O) groups is 2. The summed E-state index contributed by atoms with van der Waals surface area (Å²) in [6.07, 6.45) is 2.21. The van der Waals surface area contributed by atoms with E-state index >= 15 is 0 Å². The predicted molar refractivity (Wildman–Crippen MR) is 113 cm³/mol. The van der Waals surface area contributed by atoms with E-state index in [0.29, 0.717) is 40.2 Å². The SMILES string of the molecule is O=C(CCCOc1ccc(Cl)cc1Cl)Nc1cccc(NC(=O)c2ccco2)c1. The van der Waals surface area contributed by atoms with Gasteiger partial charge in [0.2, 0.25) is 5.91 Å². The standard InChI is InChI=1S/C21H18Cl2N2O4/c22-14-8-9-18(17(23)12-14)28-11-3-7-20(26)24-15-4-1-5-16(13-15)25-21(27)19-6-2-10-29-19/h1-2,4-6,8-10,12-13H,3,7,11H2,(H,24,26)(H,25,27). The molecular weight excluding hydrogens is 415 g/mol. The van der Waals surface area contributed by atoms with Crippen molar-refractivity contribution in [2.45, 2.75) is 12.8 Å². The van der Waals surface area contributed by atoms with Gasteiger partial charge in [0.25, 0.3) is 5.91 Å². The van der Waals surface area contributed by atoms with Gasteiger partial charge >= 0.3 is 0 Å². The molecule has 0 bridgehead atoms. The summed E-state index contributed by atoms with van der Waals surface area (Å²) in [5, 5.41) is 6.46. The lowest BCUT2D eigenvalue weighted by Gasteiger charge is -2.10. The third-order valence-corrected chi connectivity index (χ3v) is 4.38. The summed E-state index contributed by atoms with van der Waals surface area (Å²) in [6, 6.07) is 15.0. The largest absolute Gasteiger partial charge is 0.492 e. The lowest BCUT2D eigenvalue weighted by Crippen LogP contribution is -2.14. The van der Waals surface area contributed by atoms with Crippen LogP contribution in [0.25, 0.3) is 0 Å². The fourth-order valence-corrected chi connectivity index (χ4v) is 2.97. The zero-order valence-electron chi connectivity index (χ0n) is 15.3. The molecule has 0 spiro atoms. The lowest BCUT2D eigenvalue weighted by atomic mass is 10.2. The number of halogens is 2. The number of ether oxygens (including phenoxy) is 1. The zero-order chi connectivity index (χ0) is 20.6. The Hall–Kier alpha value is -2.96.